The summed E-state index contributed by atoms with van der Waals surface area (Å²) in [5.41, 5.74) is 3.46. The number of benzene rings is 2. The van der Waals surface area contributed by atoms with Gasteiger partial charge in [0.2, 0.25) is 10.0 Å². The molecule has 2 aliphatic carbocycles. The molecule has 5 nitrogen and oxygen atoms in total. The molecular weight excluding hydrogens is 475 g/mol. The summed E-state index contributed by atoms with van der Waals surface area (Å²) in [6.07, 6.45) is 6.06. The molecule has 0 amide bonds. The maximum atomic E-state index is 14.0. The molecule has 2 unspecified atom stereocenters. The minimum Gasteiger partial charge on any atom is -0.492 e. The van der Waals surface area contributed by atoms with Crippen LogP contribution in [0, 0.1) is 11.7 Å². The van der Waals surface area contributed by atoms with Crippen LogP contribution >= 0.6 is 11.6 Å². The molecule has 8 heteroatoms. The van der Waals surface area contributed by atoms with Gasteiger partial charge in [-0.2, -0.15) is 0 Å². The van der Waals surface area contributed by atoms with Crippen LogP contribution in [0.15, 0.2) is 36.4 Å². The molecule has 0 aromatic heterocycles. The fourth-order valence-electron chi connectivity index (χ4n) is 5.31. The van der Waals surface area contributed by atoms with E-state index in [0.29, 0.717) is 17.0 Å². The quantitative estimate of drug-likeness (QED) is 0.481. The third kappa shape index (κ3) is 5.93. The minimum atomic E-state index is -3.23. The van der Waals surface area contributed by atoms with E-state index >= 15 is 0 Å². The van der Waals surface area contributed by atoms with Crippen molar-refractivity contribution in [2.45, 2.75) is 50.5 Å². The summed E-state index contributed by atoms with van der Waals surface area (Å²) in [6, 6.07) is 11.4. The van der Waals surface area contributed by atoms with Gasteiger partial charge in [0.15, 0.2) is 0 Å². The zero-order valence-corrected chi connectivity index (χ0v) is 20.9. The summed E-state index contributed by atoms with van der Waals surface area (Å²) in [5.74, 6) is 1.20. The highest BCUT2D eigenvalue weighted by Gasteiger charge is 2.36. The maximum absolute atomic E-state index is 14.0. The molecule has 34 heavy (non-hydrogen) atoms. The van der Waals surface area contributed by atoms with Crippen molar-refractivity contribution < 1.29 is 17.5 Å². The summed E-state index contributed by atoms with van der Waals surface area (Å²) in [6.45, 7) is 2.76. The molecule has 1 saturated heterocycles. The van der Waals surface area contributed by atoms with Gasteiger partial charge in [0.1, 0.15) is 18.2 Å². The Morgan fingerprint density at radius 3 is 2.65 bits per heavy atom. The van der Waals surface area contributed by atoms with Crippen LogP contribution < -0.4 is 9.46 Å². The molecule has 1 aliphatic heterocycles. The van der Waals surface area contributed by atoms with Gasteiger partial charge in [0.05, 0.1) is 5.75 Å². The second-order valence-corrected chi connectivity index (χ2v) is 12.2. The lowest BCUT2D eigenvalue weighted by molar-refractivity contribution is 0.0876. The van der Waals surface area contributed by atoms with Crippen molar-refractivity contribution in [3.8, 4) is 5.75 Å². The molecule has 2 atom stereocenters. The molecular formula is C26H32ClFN2O3S. The Bertz CT molecular complexity index is 1110. The van der Waals surface area contributed by atoms with E-state index in [2.05, 4.69) is 21.8 Å². The van der Waals surface area contributed by atoms with Crippen LogP contribution in [0.3, 0.4) is 0 Å². The van der Waals surface area contributed by atoms with Crippen molar-refractivity contribution >= 4 is 21.6 Å². The van der Waals surface area contributed by atoms with Crippen molar-refractivity contribution in [1.29, 1.82) is 0 Å². The van der Waals surface area contributed by atoms with Crippen molar-refractivity contribution in [1.82, 2.24) is 9.62 Å². The Balaban J connectivity index is 1.30. The Morgan fingerprint density at radius 2 is 1.94 bits per heavy atom. The summed E-state index contributed by atoms with van der Waals surface area (Å²) in [5, 5.41) is 0.424. The molecule has 5 rings (SSSR count). The number of sulfonamides is 1. The lowest BCUT2D eigenvalue weighted by atomic mass is 9.75. The molecule has 2 fully saturated rings. The highest BCUT2D eigenvalue weighted by Crippen LogP contribution is 2.40. The topological polar surface area (TPSA) is 58.6 Å². The number of nitrogens with one attached hydrogen (secondary N) is 1. The average molecular weight is 507 g/mol. The first-order valence-corrected chi connectivity index (χ1v) is 14.3. The summed E-state index contributed by atoms with van der Waals surface area (Å²) >= 11 is 6.15. The van der Waals surface area contributed by atoms with Crippen molar-refractivity contribution in [3.63, 3.8) is 0 Å². The molecule has 0 radical (unpaired) electrons. The molecule has 184 valence electrons. The third-order valence-electron chi connectivity index (χ3n) is 7.27. The third-order valence-corrected chi connectivity index (χ3v) is 9.05. The highest BCUT2D eigenvalue weighted by atomic mass is 35.5. The second kappa shape index (κ2) is 10.1. The molecule has 0 bridgehead atoms. The molecule has 2 aromatic carbocycles. The van der Waals surface area contributed by atoms with Crippen LogP contribution in [0.25, 0.3) is 0 Å². The van der Waals surface area contributed by atoms with Crippen LogP contribution in [0.5, 0.6) is 5.75 Å². The number of hydrogen-bond donors (Lipinski definition) is 1. The number of aryl methyl sites for hydroxylation is 1. The Hall–Kier alpha value is -1.67. The predicted octanol–water partition coefficient (Wildman–Crippen LogP) is 4.53. The van der Waals surface area contributed by atoms with E-state index in [1.54, 1.807) is 6.07 Å². The van der Waals surface area contributed by atoms with Crippen LogP contribution in [-0.4, -0.2) is 51.4 Å². The zero-order chi connectivity index (χ0) is 23.7. The zero-order valence-electron chi connectivity index (χ0n) is 19.3. The van der Waals surface area contributed by atoms with E-state index in [0.717, 1.165) is 56.5 Å². The number of nitrogens with zero attached hydrogens (tertiary/aromatic N) is 1. The number of likely N-dealkylation sites (tertiary alicyclic amines) is 1. The van der Waals surface area contributed by atoms with Gasteiger partial charge in [0, 0.05) is 23.5 Å². The normalized spacial score (nSPS) is 22.8. The first-order valence-electron chi connectivity index (χ1n) is 12.3. The maximum Gasteiger partial charge on any atom is 0.211 e. The van der Waals surface area contributed by atoms with Gasteiger partial charge in [-0.1, -0.05) is 17.7 Å². The second-order valence-electron chi connectivity index (χ2n) is 9.91. The standard InChI is InChI=1S/C26H32ClFN2O3S/c27-21-12-19(13-22(28)15-21)14-25-24-16-23(33-11-8-29-34(31,32)17-18-2-3-18)6-4-20(24)5-7-26(25)30-9-1-10-30/h4,6,12-13,15-16,18,25-26,29H,1-3,5,7-11,14,17H2. The van der Waals surface area contributed by atoms with E-state index in [4.69, 9.17) is 16.3 Å². The van der Waals surface area contributed by atoms with E-state index in [1.807, 2.05) is 12.1 Å². The van der Waals surface area contributed by atoms with Crippen molar-refractivity contribution in [3.05, 3.63) is 63.9 Å². The molecule has 2 aromatic rings. The Labute approximate surface area is 206 Å². The van der Waals surface area contributed by atoms with E-state index in [-0.39, 0.29) is 30.6 Å². The lowest BCUT2D eigenvalue weighted by Crippen LogP contribution is -2.49. The lowest BCUT2D eigenvalue weighted by Gasteiger charge is -2.45. The number of hydrogen-bond acceptors (Lipinski definition) is 4. The van der Waals surface area contributed by atoms with Gasteiger partial charge in [-0.05, 0) is 105 Å². The first-order chi connectivity index (χ1) is 16.4. The largest absolute Gasteiger partial charge is 0.492 e. The summed E-state index contributed by atoms with van der Waals surface area (Å²) in [7, 11) is -3.23. The summed E-state index contributed by atoms with van der Waals surface area (Å²) < 4.78 is 46.8. The fraction of sp³-hybridized carbons (Fsp3) is 0.538. The molecule has 0 spiro atoms. The SMILES string of the molecule is O=S(=O)(CC1CC1)NCCOc1ccc2c(c1)C(Cc1cc(F)cc(Cl)c1)C(N1CCC1)CC2. The van der Waals surface area contributed by atoms with Crippen LogP contribution in [-0.2, 0) is 22.9 Å². The smallest absolute Gasteiger partial charge is 0.211 e. The van der Waals surface area contributed by atoms with Gasteiger partial charge < -0.3 is 4.74 Å². The van der Waals surface area contributed by atoms with Gasteiger partial charge >= 0.3 is 0 Å². The molecule has 1 N–H and O–H groups in total. The van der Waals surface area contributed by atoms with E-state index < -0.39 is 10.0 Å². The Kier molecular flexibility index (Phi) is 7.17. The monoisotopic (exact) mass is 506 g/mol. The van der Waals surface area contributed by atoms with E-state index in [9.17, 15) is 12.8 Å². The number of fused-ring (bicyclic) bond motifs is 1. The minimum absolute atomic E-state index is 0.218. The van der Waals surface area contributed by atoms with Gasteiger partial charge in [0.25, 0.3) is 0 Å². The number of ether oxygens (including phenoxy) is 1. The molecule has 1 heterocycles. The van der Waals surface area contributed by atoms with Crippen molar-refractivity contribution in [2.75, 3.05) is 32.0 Å². The molecule has 1 saturated carbocycles. The fourth-order valence-corrected chi connectivity index (χ4v) is 7.02. The first kappa shape index (κ1) is 24.0. The number of halogens is 2. The van der Waals surface area contributed by atoms with Crippen LogP contribution in [0.2, 0.25) is 5.02 Å². The van der Waals surface area contributed by atoms with Gasteiger partial charge in [-0.3, -0.25) is 4.90 Å². The summed E-state index contributed by atoms with van der Waals surface area (Å²) in [4.78, 5) is 2.54. The van der Waals surface area contributed by atoms with Crippen LogP contribution in [0.4, 0.5) is 4.39 Å². The van der Waals surface area contributed by atoms with Gasteiger partial charge in [-0.25, -0.2) is 17.5 Å². The van der Waals surface area contributed by atoms with Crippen molar-refractivity contribution in [2.24, 2.45) is 5.92 Å². The predicted molar refractivity (Wildman–Crippen MR) is 133 cm³/mol. The highest BCUT2D eigenvalue weighted by molar-refractivity contribution is 7.89. The van der Waals surface area contributed by atoms with E-state index in [1.165, 1.54) is 23.6 Å². The molecule has 3 aliphatic rings. The number of rotatable bonds is 10. The van der Waals surface area contributed by atoms with Crippen LogP contribution in [0.1, 0.15) is 48.3 Å². The average Bonchev–Trinajstić information content (AvgIpc) is 3.54. The van der Waals surface area contributed by atoms with Gasteiger partial charge in [-0.15, -0.1) is 0 Å². The Morgan fingerprint density at radius 1 is 1.12 bits per heavy atom.